The van der Waals surface area contributed by atoms with Gasteiger partial charge < -0.3 is 14.6 Å². The molecule has 1 fully saturated rings. The first-order chi connectivity index (χ1) is 11.7. The maximum absolute atomic E-state index is 12.3. The summed E-state index contributed by atoms with van der Waals surface area (Å²) in [6.07, 6.45) is 3.78. The second kappa shape index (κ2) is 7.70. The van der Waals surface area contributed by atoms with Gasteiger partial charge in [-0.2, -0.15) is 0 Å². The van der Waals surface area contributed by atoms with E-state index in [0.29, 0.717) is 6.42 Å². The highest BCUT2D eigenvalue weighted by Gasteiger charge is 2.38. The molecule has 1 aromatic rings. The summed E-state index contributed by atoms with van der Waals surface area (Å²) >= 11 is 0. The lowest BCUT2D eigenvalue weighted by molar-refractivity contribution is -0.0159. The van der Waals surface area contributed by atoms with Crippen LogP contribution in [0.4, 0.5) is 4.39 Å². The Balaban J connectivity index is 1.78. The number of rotatable bonds is 6. The normalized spacial score (nSPS) is 26.6. The number of hydrogen-bond acceptors (Lipinski definition) is 4. The van der Waals surface area contributed by atoms with Crippen molar-refractivity contribution >= 4 is 0 Å². The number of alkyl halides is 1. The lowest BCUT2D eigenvalue weighted by Gasteiger charge is -2.46. The van der Waals surface area contributed by atoms with Crippen molar-refractivity contribution in [3.63, 3.8) is 0 Å². The van der Waals surface area contributed by atoms with E-state index in [-0.39, 0.29) is 24.7 Å². The van der Waals surface area contributed by atoms with E-state index in [1.165, 1.54) is 11.1 Å². The smallest absolute Gasteiger partial charge is 0.161 e. The van der Waals surface area contributed by atoms with Gasteiger partial charge in [0.05, 0.1) is 27.0 Å². The van der Waals surface area contributed by atoms with Gasteiger partial charge in [0.1, 0.15) is 0 Å². The molecule has 2 aliphatic heterocycles. The van der Waals surface area contributed by atoms with Crippen LogP contribution in [0.3, 0.4) is 0 Å². The fraction of sp³-hybridized carbons (Fsp3) is 0.684. The molecule has 0 aliphatic carbocycles. The number of unbranched alkanes of at least 4 members (excludes halogenated alkanes) is 1. The predicted molar refractivity (Wildman–Crippen MR) is 91.5 cm³/mol. The topological polar surface area (TPSA) is 41.9 Å². The Bertz CT molecular complexity index is 566. The number of aliphatic hydroxyl groups is 1. The maximum Gasteiger partial charge on any atom is 0.161 e. The number of ether oxygens (including phenoxy) is 2. The van der Waals surface area contributed by atoms with E-state index >= 15 is 0 Å². The molecule has 3 atom stereocenters. The molecule has 0 unspecified atom stereocenters. The van der Waals surface area contributed by atoms with Crippen LogP contribution in [0.1, 0.15) is 42.9 Å². The molecule has 24 heavy (non-hydrogen) atoms. The summed E-state index contributed by atoms with van der Waals surface area (Å²) in [5, 5.41) is 10.6. The standard InChI is InChI=1S/C19H28FNO3/c1-23-18-9-13-6-8-21-12-14(5-3-4-7-20)17(22)11-16(21)15(13)10-19(18)24-2/h9-10,14,16-17,22H,3-8,11-12H2,1-2H3/t14-,16-,17-/m1/s1/i20-1. The van der Waals surface area contributed by atoms with Gasteiger partial charge in [-0.3, -0.25) is 9.29 Å². The van der Waals surface area contributed by atoms with Crippen LogP contribution in [0.25, 0.3) is 0 Å². The van der Waals surface area contributed by atoms with Gasteiger partial charge in [-0.15, -0.1) is 0 Å². The molecular formula is C19H28FNO3. The lowest BCUT2D eigenvalue weighted by Crippen LogP contribution is -2.48. The molecule has 0 bridgehead atoms. The first-order valence-corrected chi connectivity index (χ1v) is 8.90. The number of aliphatic hydroxyl groups excluding tert-OH is 1. The molecule has 0 aromatic heterocycles. The second-order valence-corrected chi connectivity index (χ2v) is 6.91. The van der Waals surface area contributed by atoms with Gasteiger partial charge in [0.15, 0.2) is 11.5 Å². The summed E-state index contributed by atoms with van der Waals surface area (Å²) < 4.78 is 23.2. The van der Waals surface area contributed by atoms with Crippen LogP contribution in [-0.4, -0.2) is 50.1 Å². The third-order valence-corrected chi connectivity index (χ3v) is 5.55. The van der Waals surface area contributed by atoms with Crippen molar-refractivity contribution in [1.82, 2.24) is 4.90 Å². The lowest BCUT2D eigenvalue weighted by atomic mass is 9.80. The van der Waals surface area contributed by atoms with Crippen molar-refractivity contribution in [3.8, 4) is 11.5 Å². The van der Waals surface area contributed by atoms with E-state index in [1.807, 2.05) is 0 Å². The molecule has 1 saturated heterocycles. The summed E-state index contributed by atoms with van der Waals surface area (Å²) in [5.41, 5.74) is 2.54. The number of methoxy groups -OCH3 is 2. The first-order valence-electron chi connectivity index (χ1n) is 8.90. The number of fused-ring (bicyclic) bond motifs is 3. The molecule has 0 saturated carbocycles. The maximum atomic E-state index is 12.3. The third-order valence-electron chi connectivity index (χ3n) is 5.55. The van der Waals surface area contributed by atoms with Crippen molar-refractivity contribution in [2.45, 2.75) is 44.2 Å². The van der Waals surface area contributed by atoms with E-state index in [9.17, 15) is 9.50 Å². The molecule has 3 rings (SSSR count). The Morgan fingerprint density at radius 1 is 1.21 bits per heavy atom. The van der Waals surface area contributed by atoms with Crippen molar-refractivity contribution in [2.24, 2.45) is 5.92 Å². The van der Waals surface area contributed by atoms with Crippen LogP contribution in [0, 0.1) is 5.92 Å². The van der Waals surface area contributed by atoms with Gasteiger partial charge >= 0.3 is 0 Å². The van der Waals surface area contributed by atoms with Crippen LogP contribution < -0.4 is 9.47 Å². The Hall–Kier alpha value is -1.33. The van der Waals surface area contributed by atoms with Gasteiger partial charge in [-0.1, -0.05) is 6.42 Å². The van der Waals surface area contributed by atoms with E-state index in [2.05, 4.69) is 17.0 Å². The van der Waals surface area contributed by atoms with Crippen LogP contribution >= 0.6 is 0 Å². The molecular weight excluding hydrogens is 308 g/mol. The summed E-state index contributed by atoms with van der Waals surface area (Å²) in [7, 11) is 3.31. The summed E-state index contributed by atoms with van der Waals surface area (Å²) in [6, 6.07) is 4.38. The highest BCUT2D eigenvalue weighted by Crippen LogP contribution is 2.43. The number of benzene rings is 1. The number of halogens is 1. The highest BCUT2D eigenvalue weighted by atomic mass is 18.2. The van der Waals surface area contributed by atoms with Gasteiger partial charge in [-0.05, 0) is 54.9 Å². The molecule has 4 nitrogen and oxygen atoms in total. The Morgan fingerprint density at radius 3 is 2.67 bits per heavy atom. The second-order valence-electron chi connectivity index (χ2n) is 6.91. The fourth-order valence-electron chi connectivity index (χ4n) is 4.20. The zero-order valence-electron chi connectivity index (χ0n) is 14.6. The summed E-state index contributed by atoms with van der Waals surface area (Å²) in [4.78, 5) is 2.47. The van der Waals surface area contributed by atoms with Crippen molar-refractivity contribution in [2.75, 3.05) is 34.0 Å². The number of piperidine rings is 1. The van der Waals surface area contributed by atoms with Gasteiger partial charge in [-0.25, -0.2) is 0 Å². The molecule has 0 amide bonds. The zero-order chi connectivity index (χ0) is 17.1. The summed E-state index contributed by atoms with van der Waals surface area (Å²) in [5.74, 6) is 1.78. The molecule has 5 heteroatoms. The van der Waals surface area contributed by atoms with Crippen LogP contribution in [0.5, 0.6) is 11.5 Å². The average Bonchev–Trinajstić information content (AvgIpc) is 2.61. The molecule has 1 N–H and O–H groups in total. The minimum absolute atomic E-state index is 0.237. The largest absolute Gasteiger partial charge is 0.493 e. The van der Waals surface area contributed by atoms with Crippen molar-refractivity contribution < 1.29 is 19.0 Å². The summed E-state index contributed by atoms with van der Waals surface area (Å²) in [6.45, 7) is 1.63. The first kappa shape index (κ1) is 17.5. The average molecular weight is 336 g/mol. The van der Waals surface area contributed by atoms with Gasteiger partial charge in [0.2, 0.25) is 0 Å². The van der Waals surface area contributed by atoms with Crippen molar-refractivity contribution in [3.05, 3.63) is 23.3 Å². The Labute approximate surface area is 143 Å². The van der Waals surface area contributed by atoms with Crippen LogP contribution in [-0.2, 0) is 6.42 Å². The van der Waals surface area contributed by atoms with E-state index in [0.717, 1.165) is 50.3 Å². The van der Waals surface area contributed by atoms with E-state index in [4.69, 9.17) is 9.47 Å². The molecule has 2 aliphatic rings. The molecule has 0 spiro atoms. The number of hydrogen-bond donors (Lipinski definition) is 1. The SMILES string of the molecule is COc1cc2c(cc1OC)[C@H]1C[C@@H](O)[C@H](CCCC[18F])CN1CC2. The molecule has 134 valence electrons. The zero-order valence-corrected chi connectivity index (χ0v) is 14.6. The van der Waals surface area contributed by atoms with Crippen LogP contribution in [0.15, 0.2) is 12.1 Å². The Kier molecular flexibility index (Phi) is 5.61. The monoisotopic (exact) mass is 336 g/mol. The number of nitrogens with zero attached hydrogens (tertiary/aromatic N) is 1. The highest BCUT2D eigenvalue weighted by molar-refractivity contribution is 5.49. The van der Waals surface area contributed by atoms with Gasteiger partial charge in [0.25, 0.3) is 0 Å². The third kappa shape index (κ3) is 3.38. The van der Waals surface area contributed by atoms with Gasteiger partial charge in [0, 0.05) is 19.1 Å². The minimum atomic E-state index is -0.315. The van der Waals surface area contributed by atoms with E-state index < -0.39 is 0 Å². The van der Waals surface area contributed by atoms with E-state index in [1.54, 1.807) is 14.2 Å². The molecule has 2 heterocycles. The quantitative estimate of drug-likeness (QED) is 0.811. The molecule has 1 aromatic carbocycles. The molecule has 0 radical (unpaired) electrons. The predicted octanol–water partition coefficient (Wildman–Crippen LogP) is 3.12. The fourth-order valence-corrected chi connectivity index (χ4v) is 4.20. The Morgan fingerprint density at radius 2 is 1.96 bits per heavy atom. The minimum Gasteiger partial charge on any atom is -0.493 e. The van der Waals surface area contributed by atoms with Crippen LogP contribution in [0.2, 0.25) is 0 Å². The van der Waals surface area contributed by atoms with Crippen molar-refractivity contribution in [1.29, 1.82) is 0 Å².